The van der Waals surface area contributed by atoms with Gasteiger partial charge in [-0.15, -0.1) is 0 Å². The molecule has 0 aromatic carbocycles. The van der Waals surface area contributed by atoms with Crippen LogP contribution in [-0.4, -0.2) is 18.5 Å². The number of carbonyl (C=O) groups is 1. The first-order valence-electron chi connectivity index (χ1n) is 6.12. The third-order valence-electron chi connectivity index (χ3n) is 2.81. The number of nitrogens with two attached hydrogens (primary N) is 1. The predicted octanol–water partition coefficient (Wildman–Crippen LogP) is 2.06. The highest BCUT2D eigenvalue weighted by Crippen LogP contribution is 2.05. The van der Waals surface area contributed by atoms with Crippen LogP contribution >= 0.6 is 0 Å². The second-order valence-electron chi connectivity index (χ2n) is 4.36. The molecule has 90 valence electrons. The zero-order valence-electron chi connectivity index (χ0n) is 10.4. The van der Waals surface area contributed by atoms with Crippen LogP contribution in [0.1, 0.15) is 52.9 Å². The first kappa shape index (κ1) is 14.4. The van der Waals surface area contributed by atoms with Crippen LogP contribution < -0.4 is 11.1 Å². The summed E-state index contributed by atoms with van der Waals surface area (Å²) in [7, 11) is 0. The quantitative estimate of drug-likeness (QED) is 0.650. The number of hydrogen-bond donors (Lipinski definition) is 2. The molecule has 0 aromatic heterocycles. The van der Waals surface area contributed by atoms with Crippen LogP contribution in [-0.2, 0) is 4.79 Å². The Bertz CT molecular complexity index is 165. The van der Waals surface area contributed by atoms with E-state index < -0.39 is 0 Å². The van der Waals surface area contributed by atoms with Gasteiger partial charge in [0.15, 0.2) is 0 Å². The van der Waals surface area contributed by atoms with E-state index >= 15 is 0 Å². The summed E-state index contributed by atoms with van der Waals surface area (Å²) in [5.41, 5.74) is 5.61. The summed E-state index contributed by atoms with van der Waals surface area (Å²) >= 11 is 0. The molecule has 0 spiro atoms. The third-order valence-corrected chi connectivity index (χ3v) is 2.81. The molecule has 0 radical (unpaired) electrons. The molecule has 1 amide bonds. The van der Waals surface area contributed by atoms with Gasteiger partial charge in [0.25, 0.3) is 0 Å². The number of amides is 1. The van der Waals surface area contributed by atoms with E-state index in [0.717, 1.165) is 32.2 Å². The molecule has 3 nitrogen and oxygen atoms in total. The first-order valence-corrected chi connectivity index (χ1v) is 6.12. The van der Waals surface area contributed by atoms with Gasteiger partial charge in [0, 0.05) is 19.0 Å². The molecule has 15 heavy (non-hydrogen) atoms. The Morgan fingerprint density at radius 2 is 1.93 bits per heavy atom. The van der Waals surface area contributed by atoms with Crippen molar-refractivity contribution in [1.29, 1.82) is 0 Å². The van der Waals surface area contributed by atoms with Gasteiger partial charge in [0.1, 0.15) is 0 Å². The van der Waals surface area contributed by atoms with Crippen molar-refractivity contribution in [3.63, 3.8) is 0 Å². The highest BCUT2D eigenvalue weighted by molar-refractivity contribution is 5.75. The van der Waals surface area contributed by atoms with E-state index in [1.807, 2.05) is 6.92 Å². The van der Waals surface area contributed by atoms with Crippen molar-refractivity contribution in [1.82, 2.24) is 5.32 Å². The smallest absolute Gasteiger partial charge is 0.220 e. The Morgan fingerprint density at radius 1 is 1.33 bits per heavy atom. The fourth-order valence-corrected chi connectivity index (χ4v) is 1.51. The summed E-state index contributed by atoms with van der Waals surface area (Å²) < 4.78 is 0. The summed E-state index contributed by atoms with van der Waals surface area (Å²) in [6, 6.07) is 0.205. The van der Waals surface area contributed by atoms with E-state index in [-0.39, 0.29) is 11.9 Å². The molecule has 3 N–H and O–H groups in total. The summed E-state index contributed by atoms with van der Waals surface area (Å²) in [4.78, 5) is 11.4. The molecule has 1 atom stereocenters. The second kappa shape index (κ2) is 8.72. The maximum atomic E-state index is 11.4. The number of rotatable bonds is 8. The van der Waals surface area contributed by atoms with Crippen LogP contribution in [0.3, 0.4) is 0 Å². The van der Waals surface area contributed by atoms with Crippen molar-refractivity contribution in [2.75, 3.05) is 6.54 Å². The Labute approximate surface area is 93.8 Å². The second-order valence-corrected chi connectivity index (χ2v) is 4.36. The fraction of sp³-hybridized carbons (Fsp3) is 0.917. The molecule has 0 saturated heterocycles. The Balaban J connectivity index is 3.48. The standard InChI is InChI=1S/C12H26N2O/c1-4-11(5-2)9-14-12(15)8-6-7-10(3)13/h10-11H,4-9,13H2,1-3H3,(H,14,15). The highest BCUT2D eigenvalue weighted by Gasteiger charge is 2.06. The SMILES string of the molecule is CCC(CC)CNC(=O)CCCC(C)N. The van der Waals surface area contributed by atoms with Gasteiger partial charge in [-0.3, -0.25) is 4.79 Å². The lowest BCUT2D eigenvalue weighted by Gasteiger charge is -2.13. The molecule has 0 aliphatic heterocycles. The van der Waals surface area contributed by atoms with Gasteiger partial charge in [-0.2, -0.15) is 0 Å². The lowest BCUT2D eigenvalue weighted by molar-refractivity contribution is -0.121. The lowest BCUT2D eigenvalue weighted by atomic mass is 10.0. The van der Waals surface area contributed by atoms with Gasteiger partial charge in [0.2, 0.25) is 5.91 Å². The topological polar surface area (TPSA) is 55.1 Å². The van der Waals surface area contributed by atoms with E-state index in [2.05, 4.69) is 19.2 Å². The van der Waals surface area contributed by atoms with Crippen molar-refractivity contribution < 1.29 is 4.79 Å². The van der Waals surface area contributed by atoms with Gasteiger partial charge in [-0.25, -0.2) is 0 Å². The summed E-state index contributed by atoms with van der Waals surface area (Å²) in [6.45, 7) is 7.12. The number of nitrogens with one attached hydrogen (secondary N) is 1. The molecular weight excluding hydrogens is 188 g/mol. The van der Waals surface area contributed by atoms with E-state index in [0.29, 0.717) is 12.3 Å². The Morgan fingerprint density at radius 3 is 2.40 bits per heavy atom. The molecule has 0 rings (SSSR count). The maximum Gasteiger partial charge on any atom is 0.220 e. The van der Waals surface area contributed by atoms with Crippen LogP contribution in [0.2, 0.25) is 0 Å². The van der Waals surface area contributed by atoms with Crippen LogP contribution in [0.4, 0.5) is 0 Å². The molecule has 0 aliphatic rings. The van der Waals surface area contributed by atoms with Gasteiger partial charge in [0.05, 0.1) is 0 Å². The van der Waals surface area contributed by atoms with Crippen molar-refractivity contribution in [3.05, 3.63) is 0 Å². The minimum atomic E-state index is 0.169. The van der Waals surface area contributed by atoms with Crippen LogP contribution in [0.5, 0.6) is 0 Å². The Kier molecular flexibility index (Phi) is 8.38. The molecular formula is C12H26N2O. The number of carbonyl (C=O) groups excluding carboxylic acids is 1. The van der Waals surface area contributed by atoms with Crippen LogP contribution in [0, 0.1) is 5.92 Å². The normalized spacial score (nSPS) is 12.9. The molecule has 0 fully saturated rings. The minimum Gasteiger partial charge on any atom is -0.356 e. The van der Waals surface area contributed by atoms with Gasteiger partial charge in [-0.05, 0) is 25.7 Å². The average Bonchev–Trinajstić information content (AvgIpc) is 2.18. The largest absolute Gasteiger partial charge is 0.356 e. The Hall–Kier alpha value is -0.570. The maximum absolute atomic E-state index is 11.4. The van der Waals surface area contributed by atoms with E-state index in [1.165, 1.54) is 0 Å². The third kappa shape index (κ3) is 8.43. The predicted molar refractivity (Wildman–Crippen MR) is 64.6 cm³/mol. The highest BCUT2D eigenvalue weighted by atomic mass is 16.1. The summed E-state index contributed by atoms with van der Waals surface area (Å²) in [6.07, 6.45) is 4.71. The molecule has 0 aromatic rings. The van der Waals surface area contributed by atoms with Gasteiger partial charge >= 0.3 is 0 Å². The average molecular weight is 214 g/mol. The fourth-order valence-electron chi connectivity index (χ4n) is 1.51. The zero-order valence-corrected chi connectivity index (χ0v) is 10.4. The van der Waals surface area contributed by atoms with E-state index in [1.54, 1.807) is 0 Å². The number of hydrogen-bond acceptors (Lipinski definition) is 2. The molecule has 0 bridgehead atoms. The van der Waals surface area contributed by atoms with Crippen LogP contribution in [0.15, 0.2) is 0 Å². The van der Waals surface area contributed by atoms with Crippen molar-refractivity contribution in [2.45, 2.75) is 58.9 Å². The van der Waals surface area contributed by atoms with E-state index in [4.69, 9.17) is 5.73 Å². The lowest BCUT2D eigenvalue weighted by Crippen LogP contribution is -2.29. The molecule has 0 heterocycles. The van der Waals surface area contributed by atoms with E-state index in [9.17, 15) is 4.79 Å². The first-order chi connectivity index (χ1) is 7.10. The minimum absolute atomic E-state index is 0.169. The van der Waals surface area contributed by atoms with Crippen molar-refractivity contribution in [3.8, 4) is 0 Å². The molecule has 3 heteroatoms. The monoisotopic (exact) mass is 214 g/mol. The van der Waals surface area contributed by atoms with Gasteiger partial charge in [-0.1, -0.05) is 26.7 Å². The van der Waals surface area contributed by atoms with Gasteiger partial charge < -0.3 is 11.1 Å². The summed E-state index contributed by atoms with van der Waals surface area (Å²) in [5, 5.41) is 2.98. The molecule has 1 unspecified atom stereocenters. The van der Waals surface area contributed by atoms with Crippen LogP contribution in [0.25, 0.3) is 0 Å². The summed E-state index contributed by atoms with van der Waals surface area (Å²) in [5.74, 6) is 0.796. The molecule has 0 aliphatic carbocycles. The molecule has 0 saturated carbocycles. The van der Waals surface area contributed by atoms with Crippen molar-refractivity contribution >= 4 is 5.91 Å². The van der Waals surface area contributed by atoms with Crippen molar-refractivity contribution in [2.24, 2.45) is 11.7 Å². The zero-order chi connectivity index (χ0) is 11.7.